The number of ether oxygens (including phenoxy) is 1. The SMILES string of the molecule is COc1ccc(Cl)cc1NC(=O)CCN1C(=O)N[C@H](C(C)C)C1=O. The number of nitrogens with one attached hydrogen (secondary N) is 2. The van der Waals surface area contributed by atoms with Crippen LogP contribution in [0.3, 0.4) is 0 Å². The maximum atomic E-state index is 12.1. The third kappa shape index (κ3) is 3.97. The Bertz CT molecular complexity index is 663. The molecule has 0 aliphatic carbocycles. The first-order valence-corrected chi connectivity index (χ1v) is 7.96. The van der Waals surface area contributed by atoms with Crippen LogP contribution in [0.25, 0.3) is 0 Å². The summed E-state index contributed by atoms with van der Waals surface area (Å²) in [5.41, 5.74) is 0.437. The monoisotopic (exact) mass is 353 g/mol. The zero-order valence-corrected chi connectivity index (χ0v) is 14.5. The predicted molar refractivity (Wildman–Crippen MR) is 90.1 cm³/mol. The second-order valence-electron chi connectivity index (χ2n) is 5.80. The number of rotatable bonds is 6. The fourth-order valence-electron chi connectivity index (χ4n) is 2.41. The molecular formula is C16H20ClN3O4. The first kappa shape index (κ1) is 18.1. The minimum atomic E-state index is -0.534. The van der Waals surface area contributed by atoms with Crippen molar-refractivity contribution in [3.8, 4) is 5.75 Å². The molecule has 1 aromatic carbocycles. The Morgan fingerprint density at radius 3 is 2.71 bits per heavy atom. The van der Waals surface area contributed by atoms with Crippen molar-refractivity contribution in [2.45, 2.75) is 26.3 Å². The van der Waals surface area contributed by atoms with Gasteiger partial charge in [-0.05, 0) is 24.1 Å². The average molecular weight is 354 g/mol. The topological polar surface area (TPSA) is 87.7 Å². The minimum Gasteiger partial charge on any atom is -0.495 e. The number of carbonyl (C=O) groups is 3. The van der Waals surface area contributed by atoms with Gasteiger partial charge in [0.1, 0.15) is 11.8 Å². The van der Waals surface area contributed by atoms with Crippen molar-refractivity contribution < 1.29 is 19.1 Å². The third-order valence-corrected chi connectivity index (χ3v) is 3.96. The lowest BCUT2D eigenvalue weighted by Gasteiger charge is -2.15. The summed E-state index contributed by atoms with van der Waals surface area (Å²) in [6.07, 6.45) is -0.0142. The first-order valence-electron chi connectivity index (χ1n) is 7.58. The number of hydrogen-bond donors (Lipinski definition) is 2. The van der Waals surface area contributed by atoms with Crippen molar-refractivity contribution in [1.29, 1.82) is 0 Å². The summed E-state index contributed by atoms with van der Waals surface area (Å²) in [5.74, 6) is -0.175. The van der Waals surface area contributed by atoms with Crippen LogP contribution in [0.1, 0.15) is 20.3 Å². The molecule has 1 aliphatic heterocycles. The average Bonchev–Trinajstić information content (AvgIpc) is 2.80. The van der Waals surface area contributed by atoms with Gasteiger partial charge in [-0.15, -0.1) is 0 Å². The summed E-state index contributed by atoms with van der Waals surface area (Å²) in [4.78, 5) is 37.2. The van der Waals surface area contributed by atoms with Gasteiger partial charge in [0, 0.05) is 18.0 Å². The molecule has 1 aromatic rings. The normalized spacial score (nSPS) is 17.2. The summed E-state index contributed by atoms with van der Waals surface area (Å²) >= 11 is 5.91. The Morgan fingerprint density at radius 1 is 1.42 bits per heavy atom. The number of urea groups is 1. The van der Waals surface area contributed by atoms with Crippen molar-refractivity contribution >= 4 is 35.1 Å². The van der Waals surface area contributed by atoms with E-state index in [1.807, 2.05) is 13.8 Å². The van der Waals surface area contributed by atoms with Crippen LogP contribution in [0.15, 0.2) is 18.2 Å². The van der Waals surface area contributed by atoms with E-state index in [-0.39, 0.29) is 30.7 Å². The third-order valence-electron chi connectivity index (χ3n) is 3.72. The highest BCUT2D eigenvalue weighted by molar-refractivity contribution is 6.31. The number of amides is 4. The number of nitrogens with zero attached hydrogens (tertiary/aromatic N) is 1. The number of hydrogen-bond acceptors (Lipinski definition) is 4. The van der Waals surface area contributed by atoms with Gasteiger partial charge in [-0.1, -0.05) is 25.4 Å². The largest absolute Gasteiger partial charge is 0.495 e. The maximum Gasteiger partial charge on any atom is 0.324 e. The second-order valence-corrected chi connectivity index (χ2v) is 6.24. The van der Waals surface area contributed by atoms with E-state index in [1.54, 1.807) is 18.2 Å². The van der Waals surface area contributed by atoms with Gasteiger partial charge in [-0.25, -0.2) is 4.79 Å². The minimum absolute atomic E-state index is 0.00371. The number of halogens is 1. The molecule has 7 nitrogen and oxygen atoms in total. The number of methoxy groups -OCH3 is 1. The molecule has 1 fully saturated rings. The smallest absolute Gasteiger partial charge is 0.324 e. The van der Waals surface area contributed by atoms with E-state index >= 15 is 0 Å². The van der Waals surface area contributed by atoms with Gasteiger partial charge in [-0.2, -0.15) is 0 Å². The maximum absolute atomic E-state index is 12.1. The Balaban J connectivity index is 1.96. The van der Waals surface area contributed by atoms with E-state index in [4.69, 9.17) is 16.3 Å². The summed E-state index contributed by atoms with van der Waals surface area (Å²) < 4.78 is 5.15. The predicted octanol–water partition coefficient (Wildman–Crippen LogP) is 2.25. The van der Waals surface area contributed by atoms with Gasteiger partial charge in [0.05, 0.1) is 12.8 Å². The highest BCUT2D eigenvalue weighted by Crippen LogP contribution is 2.27. The zero-order valence-electron chi connectivity index (χ0n) is 13.8. The lowest BCUT2D eigenvalue weighted by atomic mass is 10.1. The van der Waals surface area contributed by atoms with Gasteiger partial charge in [-0.3, -0.25) is 14.5 Å². The summed E-state index contributed by atoms with van der Waals surface area (Å²) in [6.45, 7) is 3.72. The van der Waals surface area contributed by atoms with Crippen LogP contribution in [0.2, 0.25) is 5.02 Å². The molecule has 0 radical (unpaired) electrons. The van der Waals surface area contributed by atoms with E-state index in [1.165, 1.54) is 7.11 Å². The molecule has 1 aliphatic rings. The molecule has 2 rings (SSSR count). The van der Waals surface area contributed by atoms with E-state index < -0.39 is 12.1 Å². The zero-order chi connectivity index (χ0) is 17.9. The van der Waals surface area contributed by atoms with E-state index in [9.17, 15) is 14.4 Å². The molecule has 0 bridgehead atoms. The summed E-state index contributed by atoms with van der Waals surface area (Å²) in [7, 11) is 1.48. The van der Waals surface area contributed by atoms with Crippen LogP contribution in [0, 0.1) is 5.92 Å². The van der Waals surface area contributed by atoms with Crippen LogP contribution in [0.4, 0.5) is 10.5 Å². The van der Waals surface area contributed by atoms with E-state index in [0.29, 0.717) is 16.5 Å². The molecule has 24 heavy (non-hydrogen) atoms. The molecule has 4 amide bonds. The summed E-state index contributed by atoms with van der Waals surface area (Å²) in [5, 5.41) is 5.75. The number of benzene rings is 1. The van der Waals surface area contributed by atoms with E-state index in [2.05, 4.69) is 10.6 Å². The van der Waals surface area contributed by atoms with Crippen LogP contribution in [-0.4, -0.2) is 42.4 Å². The van der Waals surface area contributed by atoms with Gasteiger partial charge >= 0.3 is 6.03 Å². The Hall–Kier alpha value is -2.28. The molecule has 1 heterocycles. The molecule has 0 unspecified atom stereocenters. The Labute approximate surface area is 145 Å². The van der Waals surface area contributed by atoms with Gasteiger partial charge in [0.25, 0.3) is 5.91 Å². The lowest BCUT2D eigenvalue weighted by molar-refractivity contribution is -0.128. The lowest BCUT2D eigenvalue weighted by Crippen LogP contribution is -2.35. The molecular weight excluding hydrogens is 334 g/mol. The fraction of sp³-hybridized carbons (Fsp3) is 0.438. The van der Waals surface area contributed by atoms with Crippen LogP contribution >= 0.6 is 11.6 Å². The molecule has 0 spiro atoms. The fourth-order valence-corrected chi connectivity index (χ4v) is 2.58. The van der Waals surface area contributed by atoms with Crippen LogP contribution in [0.5, 0.6) is 5.75 Å². The molecule has 130 valence electrons. The van der Waals surface area contributed by atoms with Crippen molar-refractivity contribution in [2.24, 2.45) is 5.92 Å². The number of carbonyl (C=O) groups excluding carboxylic acids is 3. The van der Waals surface area contributed by atoms with Gasteiger partial charge in [0.2, 0.25) is 5.91 Å². The van der Waals surface area contributed by atoms with Crippen molar-refractivity contribution in [3.05, 3.63) is 23.2 Å². The summed E-state index contributed by atoms with van der Waals surface area (Å²) in [6, 6.07) is 3.86. The molecule has 1 saturated heterocycles. The van der Waals surface area contributed by atoms with Gasteiger partial charge < -0.3 is 15.4 Å². The Morgan fingerprint density at radius 2 is 2.12 bits per heavy atom. The van der Waals surface area contributed by atoms with Crippen LogP contribution in [-0.2, 0) is 9.59 Å². The van der Waals surface area contributed by atoms with Crippen molar-refractivity contribution in [2.75, 3.05) is 19.0 Å². The second kappa shape index (κ2) is 7.53. The van der Waals surface area contributed by atoms with E-state index in [0.717, 1.165) is 4.90 Å². The van der Waals surface area contributed by atoms with Crippen molar-refractivity contribution in [1.82, 2.24) is 10.2 Å². The first-order chi connectivity index (χ1) is 11.3. The molecule has 0 saturated carbocycles. The Kier molecular flexibility index (Phi) is 5.66. The van der Waals surface area contributed by atoms with Crippen molar-refractivity contribution in [3.63, 3.8) is 0 Å². The van der Waals surface area contributed by atoms with Gasteiger partial charge in [0.15, 0.2) is 0 Å². The number of imide groups is 1. The molecule has 0 aromatic heterocycles. The standard InChI is InChI=1S/C16H20ClN3O4/c1-9(2)14-15(22)20(16(23)19-14)7-6-13(21)18-11-8-10(17)4-5-12(11)24-3/h4-5,8-9,14H,6-7H2,1-3H3,(H,18,21)(H,19,23)/t14-/m1/s1. The quantitative estimate of drug-likeness (QED) is 0.768. The molecule has 2 N–H and O–H groups in total. The molecule has 1 atom stereocenters. The highest BCUT2D eigenvalue weighted by atomic mass is 35.5. The highest BCUT2D eigenvalue weighted by Gasteiger charge is 2.39. The number of anilines is 1. The molecule has 8 heteroatoms. The van der Waals surface area contributed by atoms with Crippen LogP contribution < -0.4 is 15.4 Å².